The fourth-order valence-corrected chi connectivity index (χ4v) is 4.94. The molecule has 3 aliphatic rings. The highest BCUT2D eigenvalue weighted by atomic mass is 35.5. The van der Waals surface area contributed by atoms with Gasteiger partial charge in [-0.25, -0.2) is 0 Å². The van der Waals surface area contributed by atoms with Crippen LogP contribution in [0.3, 0.4) is 0 Å². The summed E-state index contributed by atoms with van der Waals surface area (Å²) in [6, 6.07) is 10.1. The first-order valence-corrected chi connectivity index (χ1v) is 11.2. The summed E-state index contributed by atoms with van der Waals surface area (Å²) < 4.78 is 0. The van der Waals surface area contributed by atoms with E-state index in [1.54, 1.807) is 0 Å². The molecule has 1 aromatic carbocycles. The summed E-state index contributed by atoms with van der Waals surface area (Å²) in [6.45, 7) is 4.38. The van der Waals surface area contributed by atoms with E-state index in [0.29, 0.717) is 28.7 Å². The summed E-state index contributed by atoms with van der Waals surface area (Å²) in [4.78, 5) is 15.2. The number of anilines is 1. The van der Waals surface area contributed by atoms with Crippen LogP contribution in [0.25, 0.3) is 0 Å². The normalized spacial score (nSPS) is 23.1. The summed E-state index contributed by atoms with van der Waals surface area (Å²) in [5.74, 6) is 0.411. The van der Waals surface area contributed by atoms with Crippen molar-refractivity contribution in [2.75, 3.05) is 18.4 Å². The highest BCUT2D eigenvalue weighted by Gasteiger charge is 2.40. The van der Waals surface area contributed by atoms with Crippen molar-refractivity contribution in [2.24, 2.45) is 0 Å². The second-order valence-electron chi connectivity index (χ2n) is 8.36. The highest BCUT2D eigenvalue weighted by molar-refractivity contribution is 7.15. The molecule has 172 valence electrons. The Hall–Kier alpha value is -0.960. The molecule has 10 heteroatoms. The van der Waals surface area contributed by atoms with Gasteiger partial charge in [-0.1, -0.05) is 23.5 Å². The van der Waals surface area contributed by atoms with Gasteiger partial charge in [-0.2, -0.15) is 0 Å². The Balaban J connectivity index is 0.00000114. The van der Waals surface area contributed by atoms with Crippen LogP contribution in [0.5, 0.6) is 0 Å². The molecular weight excluding hydrogens is 477 g/mol. The molecule has 0 spiro atoms. The Kier molecular flexibility index (Phi) is 9.55. The highest BCUT2D eigenvalue weighted by Crippen LogP contribution is 2.42. The van der Waals surface area contributed by atoms with Crippen LogP contribution in [-0.4, -0.2) is 52.2 Å². The summed E-state index contributed by atoms with van der Waals surface area (Å²) in [7, 11) is 0. The van der Waals surface area contributed by atoms with Crippen molar-refractivity contribution in [3.63, 3.8) is 0 Å². The van der Waals surface area contributed by atoms with E-state index >= 15 is 0 Å². The topological polar surface area (TPSA) is 70.1 Å². The van der Waals surface area contributed by atoms with E-state index in [9.17, 15) is 4.79 Å². The lowest BCUT2D eigenvalue weighted by atomic mass is 10.0. The van der Waals surface area contributed by atoms with E-state index in [-0.39, 0.29) is 43.1 Å². The minimum atomic E-state index is -0.115. The van der Waals surface area contributed by atoms with Crippen molar-refractivity contribution in [1.29, 1.82) is 0 Å². The molecule has 31 heavy (non-hydrogen) atoms. The molecule has 1 amide bonds. The molecule has 1 saturated heterocycles. The van der Waals surface area contributed by atoms with E-state index < -0.39 is 0 Å². The maximum atomic E-state index is 12.5. The SMILES string of the molecule is Cc1nnc(NC(=O)c2cccc([C@@H]3C[C@H]3NC3CCN(C4CC4)CC3)c2)s1.Cl.Cl.Cl. The number of likely N-dealkylation sites (tertiary alicyclic amines) is 1. The second kappa shape index (κ2) is 11.3. The number of halogens is 3. The van der Waals surface area contributed by atoms with Crippen molar-refractivity contribution < 1.29 is 4.79 Å². The number of piperidine rings is 1. The zero-order chi connectivity index (χ0) is 19.1. The number of carbonyl (C=O) groups is 1. The first kappa shape index (κ1) is 26.3. The number of aryl methyl sites for hydroxylation is 1. The van der Waals surface area contributed by atoms with E-state index in [4.69, 9.17) is 0 Å². The van der Waals surface area contributed by atoms with Gasteiger partial charge in [0, 0.05) is 29.6 Å². The van der Waals surface area contributed by atoms with Gasteiger partial charge in [-0.15, -0.1) is 47.4 Å². The second-order valence-corrected chi connectivity index (χ2v) is 9.54. The largest absolute Gasteiger partial charge is 0.311 e. The van der Waals surface area contributed by atoms with Crippen molar-refractivity contribution in [2.45, 2.75) is 63.1 Å². The quantitative estimate of drug-likeness (QED) is 0.606. The Morgan fingerprint density at radius 1 is 1.10 bits per heavy atom. The number of hydrogen-bond acceptors (Lipinski definition) is 6. The molecule has 1 aliphatic heterocycles. The van der Waals surface area contributed by atoms with Crippen LogP contribution < -0.4 is 10.6 Å². The average Bonchev–Trinajstić information content (AvgIpc) is 3.63. The molecule has 6 nitrogen and oxygen atoms in total. The first-order chi connectivity index (χ1) is 13.7. The molecule has 5 rings (SSSR count). The number of rotatable bonds is 6. The van der Waals surface area contributed by atoms with Gasteiger partial charge >= 0.3 is 0 Å². The number of amides is 1. The zero-order valence-corrected chi connectivity index (χ0v) is 20.7. The third kappa shape index (κ3) is 6.53. The maximum Gasteiger partial charge on any atom is 0.257 e. The zero-order valence-electron chi connectivity index (χ0n) is 17.5. The van der Waals surface area contributed by atoms with Gasteiger partial charge in [-0.3, -0.25) is 10.1 Å². The number of nitrogens with one attached hydrogen (secondary N) is 2. The Morgan fingerprint density at radius 2 is 1.84 bits per heavy atom. The molecule has 2 saturated carbocycles. The van der Waals surface area contributed by atoms with Crippen molar-refractivity contribution in [1.82, 2.24) is 20.4 Å². The number of carbonyl (C=O) groups excluding carboxylic acids is 1. The van der Waals surface area contributed by atoms with E-state index in [1.807, 2.05) is 25.1 Å². The molecular formula is C21H30Cl3N5OS. The molecule has 1 aromatic heterocycles. The van der Waals surface area contributed by atoms with Gasteiger partial charge in [0.15, 0.2) is 0 Å². The number of benzene rings is 1. The van der Waals surface area contributed by atoms with Gasteiger partial charge in [0.1, 0.15) is 5.01 Å². The van der Waals surface area contributed by atoms with Crippen LogP contribution in [0, 0.1) is 6.92 Å². The molecule has 2 heterocycles. The predicted octanol–water partition coefficient (Wildman–Crippen LogP) is 4.44. The third-order valence-corrected chi connectivity index (χ3v) is 6.91. The fraction of sp³-hybridized carbons (Fsp3) is 0.571. The predicted molar refractivity (Wildman–Crippen MR) is 133 cm³/mol. The number of hydrogen-bond donors (Lipinski definition) is 2. The van der Waals surface area contributed by atoms with E-state index in [1.165, 1.54) is 62.1 Å². The third-order valence-electron chi connectivity index (χ3n) is 6.16. The Labute approximate surface area is 206 Å². The molecule has 0 unspecified atom stereocenters. The molecule has 2 aromatic rings. The Bertz CT molecular complexity index is 870. The van der Waals surface area contributed by atoms with Crippen LogP contribution in [0.15, 0.2) is 24.3 Å². The van der Waals surface area contributed by atoms with Gasteiger partial charge < -0.3 is 10.2 Å². The minimum absolute atomic E-state index is 0. The molecule has 0 radical (unpaired) electrons. The van der Waals surface area contributed by atoms with Gasteiger partial charge in [0.05, 0.1) is 0 Å². The van der Waals surface area contributed by atoms with Crippen molar-refractivity contribution in [3.8, 4) is 0 Å². The minimum Gasteiger partial charge on any atom is -0.311 e. The molecule has 2 N–H and O–H groups in total. The summed E-state index contributed by atoms with van der Waals surface area (Å²) in [5.41, 5.74) is 1.95. The average molecular weight is 507 g/mol. The Morgan fingerprint density at radius 3 is 2.48 bits per heavy atom. The van der Waals surface area contributed by atoms with Crippen LogP contribution in [0.4, 0.5) is 5.13 Å². The van der Waals surface area contributed by atoms with Crippen LogP contribution in [-0.2, 0) is 0 Å². The molecule has 3 fully saturated rings. The lowest BCUT2D eigenvalue weighted by molar-refractivity contribution is 0.102. The summed E-state index contributed by atoms with van der Waals surface area (Å²) in [5, 5.41) is 16.0. The van der Waals surface area contributed by atoms with Crippen LogP contribution in [0.1, 0.15) is 59.0 Å². The summed E-state index contributed by atoms with van der Waals surface area (Å²) >= 11 is 1.39. The van der Waals surface area contributed by atoms with Crippen LogP contribution >= 0.6 is 48.6 Å². The molecule has 0 bridgehead atoms. The lowest BCUT2D eigenvalue weighted by Crippen LogP contribution is -2.44. The number of nitrogens with zero attached hydrogens (tertiary/aromatic N) is 3. The van der Waals surface area contributed by atoms with Crippen molar-refractivity contribution >= 4 is 59.6 Å². The summed E-state index contributed by atoms with van der Waals surface area (Å²) in [6.07, 6.45) is 6.52. The van der Waals surface area contributed by atoms with Gasteiger partial charge in [-0.05, 0) is 69.8 Å². The number of aromatic nitrogens is 2. The standard InChI is InChI=1S/C21H27N5OS.3ClH/c1-13-24-25-21(28-13)23-20(27)15-4-2-3-14(11-15)18-12-19(18)22-16-7-9-26(10-8-16)17-5-6-17;;;/h2-4,11,16-19,22H,5-10,12H2,1H3,(H,23,25,27);3*1H/t18-,19+;;;/m0.../s1. The van der Waals surface area contributed by atoms with E-state index in [2.05, 4.69) is 31.8 Å². The van der Waals surface area contributed by atoms with Crippen LogP contribution in [0.2, 0.25) is 0 Å². The fourth-order valence-electron chi connectivity index (χ4n) is 4.35. The van der Waals surface area contributed by atoms with Gasteiger partial charge in [0.2, 0.25) is 5.13 Å². The molecule has 2 atom stereocenters. The van der Waals surface area contributed by atoms with Crippen molar-refractivity contribution in [3.05, 3.63) is 40.4 Å². The first-order valence-electron chi connectivity index (χ1n) is 10.4. The lowest BCUT2D eigenvalue weighted by Gasteiger charge is -2.32. The monoisotopic (exact) mass is 505 g/mol. The maximum absolute atomic E-state index is 12.5. The van der Waals surface area contributed by atoms with E-state index in [0.717, 1.165) is 11.0 Å². The van der Waals surface area contributed by atoms with Gasteiger partial charge in [0.25, 0.3) is 5.91 Å². The molecule has 2 aliphatic carbocycles. The smallest absolute Gasteiger partial charge is 0.257 e.